The summed E-state index contributed by atoms with van der Waals surface area (Å²) in [5.41, 5.74) is 3.31. The van der Waals surface area contributed by atoms with Gasteiger partial charge in [-0.3, -0.25) is 14.5 Å². The number of carbonyl (C=O) groups excluding carboxylic acids is 2. The summed E-state index contributed by atoms with van der Waals surface area (Å²) in [4.78, 5) is 32.1. The van der Waals surface area contributed by atoms with E-state index in [1.54, 1.807) is 30.3 Å². The van der Waals surface area contributed by atoms with Gasteiger partial charge < -0.3 is 19.6 Å². The molecular weight excluding hydrogens is 478 g/mol. The predicted molar refractivity (Wildman–Crippen MR) is 144 cm³/mol. The number of amides is 1. The van der Waals surface area contributed by atoms with Crippen LogP contribution in [0.15, 0.2) is 72.3 Å². The van der Waals surface area contributed by atoms with E-state index in [1.807, 2.05) is 74.4 Å². The average molecular weight is 506 g/mol. The second-order valence-electron chi connectivity index (χ2n) is 8.91. The summed E-state index contributed by atoms with van der Waals surface area (Å²) in [6.07, 6.45) is 0. The van der Waals surface area contributed by atoms with Crippen LogP contribution in [0.3, 0.4) is 0 Å². The Morgan fingerprint density at radius 1 is 0.889 bits per heavy atom. The smallest absolute Gasteiger partial charge is 0.300 e. The van der Waals surface area contributed by atoms with Gasteiger partial charge in [0, 0.05) is 50.8 Å². The molecule has 1 saturated heterocycles. The highest BCUT2D eigenvalue weighted by atomic mass is 35.5. The molecule has 0 saturated carbocycles. The molecule has 0 spiro atoms. The van der Waals surface area contributed by atoms with Gasteiger partial charge in [-0.05, 0) is 60.2 Å². The molecule has 0 aliphatic carbocycles. The van der Waals surface area contributed by atoms with Crippen LogP contribution in [0.4, 0.5) is 17.1 Å². The largest absolute Gasteiger partial charge is 0.507 e. The molecular formula is C28H28ClN3O4. The normalized spacial score (nSPS) is 16.8. The molecule has 0 aromatic heterocycles. The molecule has 36 heavy (non-hydrogen) atoms. The molecule has 0 bridgehead atoms. The minimum Gasteiger partial charge on any atom is -0.507 e. The number of ether oxygens (including phenoxy) is 1. The topological polar surface area (TPSA) is 73.3 Å². The lowest BCUT2D eigenvalue weighted by Crippen LogP contribution is -2.29. The summed E-state index contributed by atoms with van der Waals surface area (Å²) < 4.78 is 5.28. The van der Waals surface area contributed by atoms with E-state index in [4.69, 9.17) is 16.3 Å². The minimum absolute atomic E-state index is 0.0376. The molecule has 1 atom stereocenters. The fraction of sp³-hybridized carbons (Fsp3) is 0.214. The van der Waals surface area contributed by atoms with Crippen LogP contribution < -0.4 is 19.4 Å². The molecule has 8 heteroatoms. The summed E-state index contributed by atoms with van der Waals surface area (Å²) in [5.74, 6) is -1.41. The predicted octanol–water partition coefficient (Wildman–Crippen LogP) is 5.11. The first-order valence-corrected chi connectivity index (χ1v) is 11.7. The number of rotatable bonds is 6. The van der Waals surface area contributed by atoms with Crippen LogP contribution in [0.1, 0.15) is 17.2 Å². The number of halogens is 1. The number of anilines is 3. The highest BCUT2D eigenvalue weighted by Gasteiger charge is 2.47. The van der Waals surface area contributed by atoms with Crippen molar-refractivity contribution in [3.05, 3.63) is 88.5 Å². The highest BCUT2D eigenvalue weighted by molar-refractivity contribution is 6.52. The molecule has 1 unspecified atom stereocenters. The van der Waals surface area contributed by atoms with Gasteiger partial charge in [-0.25, -0.2) is 0 Å². The van der Waals surface area contributed by atoms with Crippen molar-refractivity contribution in [3.8, 4) is 5.75 Å². The van der Waals surface area contributed by atoms with E-state index in [1.165, 1.54) is 12.0 Å². The molecule has 186 valence electrons. The lowest BCUT2D eigenvalue weighted by atomic mass is 9.94. The van der Waals surface area contributed by atoms with Gasteiger partial charge >= 0.3 is 0 Å². The molecule has 0 radical (unpaired) electrons. The number of hydrogen-bond donors (Lipinski definition) is 1. The Morgan fingerprint density at radius 3 is 1.97 bits per heavy atom. The number of ketones is 1. The van der Waals surface area contributed by atoms with Gasteiger partial charge in [0.1, 0.15) is 11.5 Å². The first-order chi connectivity index (χ1) is 17.1. The number of aliphatic hydroxyl groups is 1. The van der Waals surface area contributed by atoms with Crippen molar-refractivity contribution in [3.63, 3.8) is 0 Å². The first kappa shape index (κ1) is 25.1. The monoisotopic (exact) mass is 505 g/mol. The summed E-state index contributed by atoms with van der Waals surface area (Å²) in [7, 11) is 9.20. The van der Waals surface area contributed by atoms with Crippen molar-refractivity contribution >= 4 is 46.1 Å². The maximum Gasteiger partial charge on any atom is 0.300 e. The van der Waals surface area contributed by atoms with Gasteiger partial charge in [-0.15, -0.1) is 0 Å². The van der Waals surface area contributed by atoms with Gasteiger partial charge in [0.15, 0.2) is 0 Å². The van der Waals surface area contributed by atoms with Crippen LogP contribution in [-0.2, 0) is 9.59 Å². The molecule has 1 N–H and O–H groups in total. The van der Waals surface area contributed by atoms with Crippen molar-refractivity contribution in [2.45, 2.75) is 6.04 Å². The summed E-state index contributed by atoms with van der Waals surface area (Å²) >= 11 is 6.39. The van der Waals surface area contributed by atoms with Crippen LogP contribution in [0.2, 0.25) is 5.02 Å². The summed E-state index contributed by atoms with van der Waals surface area (Å²) in [6.45, 7) is 0. The fourth-order valence-corrected chi connectivity index (χ4v) is 4.45. The van der Waals surface area contributed by atoms with Crippen LogP contribution >= 0.6 is 11.6 Å². The van der Waals surface area contributed by atoms with Gasteiger partial charge in [-0.1, -0.05) is 23.7 Å². The zero-order chi connectivity index (χ0) is 26.1. The Hall–Kier alpha value is -3.97. The van der Waals surface area contributed by atoms with E-state index in [-0.39, 0.29) is 21.9 Å². The highest BCUT2D eigenvalue weighted by Crippen LogP contribution is 2.43. The van der Waals surface area contributed by atoms with E-state index in [0.717, 1.165) is 11.4 Å². The van der Waals surface area contributed by atoms with Gasteiger partial charge in [0.05, 0.1) is 23.7 Å². The maximum atomic E-state index is 13.4. The van der Waals surface area contributed by atoms with E-state index in [2.05, 4.69) is 0 Å². The molecule has 1 aliphatic heterocycles. The summed E-state index contributed by atoms with van der Waals surface area (Å²) in [5, 5.41) is 11.6. The Labute approximate surface area is 215 Å². The maximum absolute atomic E-state index is 13.4. The third kappa shape index (κ3) is 4.50. The van der Waals surface area contributed by atoms with E-state index >= 15 is 0 Å². The Balaban J connectivity index is 1.93. The second-order valence-corrected chi connectivity index (χ2v) is 9.32. The molecule has 1 heterocycles. The van der Waals surface area contributed by atoms with Crippen LogP contribution in [0.25, 0.3) is 5.76 Å². The van der Waals surface area contributed by atoms with Gasteiger partial charge in [0.25, 0.3) is 11.7 Å². The molecule has 1 amide bonds. The van der Waals surface area contributed by atoms with Crippen molar-refractivity contribution in [1.29, 1.82) is 0 Å². The number of aliphatic hydroxyl groups excluding tert-OH is 1. The third-order valence-corrected chi connectivity index (χ3v) is 6.57. The number of benzene rings is 3. The van der Waals surface area contributed by atoms with Crippen LogP contribution in [0, 0.1) is 0 Å². The molecule has 3 aromatic rings. The Morgan fingerprint density at radius 2 is 1.44 bits per heavy atom. The number of methoxy groups -OCH3 is 1. The zero-order valence-electron chi connectivity index (χ0n) is 20.8. The van der Waals surface area contributed by atoms with Crippen molar-refractivity contribution in [1.82, 2.24) is 0 Å². The molecule has 4 rings (SSSR count). The van der Waals surface area contributed by atoms with E-state index < -0.39 is 17.7 Å². The minimum atomic E-state index is -0.853. The number of Topliss-reactive ketones (excluding diaryl/α,β-unsaturated/α-hetero) is 1. The Kier molecular flexibility index (Phi) is 6.95. The number of hydrogen-bond acceptors (Lipinski definition) is 6. The number of carbonyl (C=O) groups is 2. The summed E-state index contributed by atoms with van der Waals surface area (Å²) in [6, 6.07) is 18.8. The van der Waals surface area contributed by atoms with Gasteiger partial charge in [0.2, 0.25) is 0 Å². The van der Waals surface area contributed by atoms with Crippen LogP contribution in [0.5, 0.6) is 5.75 Å². The zero-order valence-corrected chi connectivity index (χ0v) is 21.6. The lowest BCUT2D eigenvalue weighted by molar-refractivity contribution is -0.132. The lowest BCUT2D eigenvalue weighted by Gasteiger charge is -2.26. The average Bonchev–Trinajstić information content (AvgIpc) is 3.14. The SMILES string of the molecule is COc1ccc(Cl)c(/C(O)=C2\C(=O)C(=O)N(c3ccc(N(C)C)cc3)C2c2ccc(N(C)C)cc2)c1. The van der Waals surface area contributed by atoms with Gasteiger partial charge in [-0.2, -0.15) is 0 Å². The van der Waals surface area contributed by atoms with Crippen molar-refractivity contribution in [2.75, 3.05) is 50.0 Å². The third-order valence-electron chi connectivity index (χ3n) is 6.24. The molecule has 1 fully saturated rings. The number of nitrogens with zero attached hydrogens (tertiary/aromatic N) is 3. The first-order valence-electron chi connectivity index (χ1n) is 11.3. The standard InChI is InChI=1S/C28H28ClN3O4/c1-30(2)18-8-6-17(7-9-18)25-24(26(33)22-16-21(36-5)14-15-23(22)29)27(34)28(35)32(25)20-12-10-19(11-13-20)31(3)4/h6-16,25,33H,1-5H3/b26-24+. The Bertz CT molecular complexity index is 1330. The van der Waals surface area contributed by atoms with E-state index in [9.17, 15) is 14.7 Å². The van der Waals surface area contributed by atoms with Crippen LogP contribution in [-0.4, -0.2) is 52.1 Å². The molecule has 7 nitrogen and oxygen atoms in total. The van der Waals surface area contributed by atoms with E-state index in [0.29, 0.717) is 17.0 Å². The molecule has 3 aromatic carbocycles. The quantitative estimate of drug-likeness (QED) is 0.285. The van der Waals surface area contributed by atoms with Crippen molar-refractivity contribution in [2.24, 2.45) is 0 Å². The fourth-order valence-electron chi connectivity index (χ4n) is 4.24. The second kappa shape index (κ2) is 9.95. The molecule has 1 aliphatic rings. The van der Waals surface area contributed by atoms with Crippen molar-refractivity contribution < 1.29 is 19.4 Å².